The summed E-state index contributed by atoms with van der Waals surface area (Å²) in [5.41, 5.74) is 3.37. The van der Waals surface area contributed by atoms with Gasteiger partial charge in [-0.3, -0.25) is 4.79 Å². The van der Waals surface area contributed by atoms with Crippen LogP contribution < -0.4 is 11.0 Å². The number of hydrogen-bond acceptors (Lipinski definition) is 4. The van der Waals surface area contributed by atoms with Crippen LogP contribution in [0.5, 0.6) is 0 Å². The molecule has 136 valence electrons. The van der Waals surface area contributed by atoms with E-state index < -0.39 is 0 Å². The molecule has 0 aliphatic heterocycles. The molecule has 0 atom stereocenters. The Kier molecular flexibility index (Phi) is 3.40. The summed E-state index contributed by atoms with van der Waals surface area (Å²) in [5.74, 6) is 0.753. The highest BCUT2D eigenvalue weighted by atomic mass is 16.2. The Morgan fingerprint density at radius 3 is 3.00 bits per heavy atom. The molecule has 8 heteroatoms. The van der Waals surface area contributed by atoms with Crippen molar-refractivity contribution in [3.8, 4) is 0 Å². The van der Waals surface area contributed by atoms with Crippen molar-refractivity contribution in [2.75, 3.05) is 0 Å². The van der Waals surface area contributed by atoms with Crippen molar-refractivity contribution in [2.45, 2.75) is 32.4 Å². The molecule has 1 aromatic carbocycles. The Morgan fingerprint density at radius 2 is 2.19 bits per heavy atom. The number of H-pyrrole nitrogens is 1. The van der Waals surface area contributed by atoms with E-state index in [2.05, 4.69) is 31.1 Å². The first-order valence-electron chi connectivity index (χ1n) is 8.93. The largest absolute Gasteiger partial charge is 0.348 e. The zero-order valence-corrected chi connectivity index (χ0v) is 14.8. The number of nitrogens with zero attached hydrogens (tertiary/aromatic N) is 4. The van der Waals surface area contributed by atoms with E-state index >= 15 is 0 Å². The molecule has 1 aliphatic rings. The van der Waals surface area contributed by atoms with Crippen LogP contribution in [0.2, 0.25) is 0 Å². The summed E-state index contributed by atoms with van der Waals surface area (Å²) in [7, 11) is 0. The van der Waals surface area contributed by atoms with Crippen LogP contribution in [0, 0.1) is 6.92 Å². The number of carbonyl (C=O) groups is 1. The number of rotatable bonds is 4. The lowest BCUT2D eigenvalue weighted by Gasteiger charge is -2.07. The normalized spacial score (nSPS) is 14.1. The summed E-state index contributed by atoms with van der Waals surface area (Å²) >= 11 is 0. The van der Waals surface area contributed by atoms with E-state index in [4.69, 9.17) is 0 Å². The molecule has 2 N–H and O–H groups in total. The van der Waals surface area contributed by atoms with Gasteiger partial charge in [-0.1, -0.05) is 6.07 Å². The summed E-state index contributed by atoms with van der Waals surface area (Å²) in [5, 5.41) is 9.17. The maximum absolute atomic E-state index is 12.6. The van der Waals surface area contributed by atoms with Crippen molar-refractivity contribution in [3.63, 3.8) is 0 Å². The highest BCUT2D eigenvalue weighted by Crippen LogP contribution is 2.38. The second kappa shape index (κ2) is 5.80. The lowest BCUT2D eigenvalue weighted by atomic mass is 10.2. The Bertz CT molecular complexity index is 1240. The van der Waals surface area contributed by atoms with Gasteiger partial charge in [-0.2, -0.15) is 5.10 Å². The summed E-state index contributed by atoms with van der Waals surface area (Å²) in [4.78, 5) is 28.9. The molecule has 0 radical (unpaired) electrons. The average Bonchev–Trinajstić information content (AvgIpc) is 3.35. The molecule has 0 bridgehead atoms. The topological polar surface area (TPSA) is 97.1 Å². The van der Waals surface area contributed by atoms with Gasteiger partial charge in [0.25, 0.3) is 5.91 Å². The van der Waals surface area contributed by atoms with E-state index in [1.54, 1.807) is 18.3 Å². The fourth-order valence-electron chi connectivity index (χ4n) is 3.56. The first-order chi connectivity index (χ1) is 13.1. The van der Waals surface area contributed by atoms with E-state index in [1.807, 2.05) is 19.1 Å². The summed E-state index contributed by atoms with van der Waals surface area (Å²) in [6, 6.07) is 9.98. The number of fused-ring (bicyclic) bond motifs is 2. The molecule has 4 aromatic rings. The predicted octanol–water partition coefficient (Wildman–Crippen LogP) is 1.95. The molecule has 1 aliphatic carbocycles. The van der Waals surface area contributed by atoms with Crippen LogP contribution in [-0.4, -0.2) is 30.1 Å². The van der Waals surface area contributed by atoms with E-state index in [1.165, 1.54) is 17.2 Å². The number of hydrogen-bond donors (Lipinski definition) is 2. The fourth-order valence-corrected chi connectivity index (χ4v) is 3.56. The highest BCUT2D eigenvalue weighted by molar-refractivity contribution is 5.99. The molecule has 8 nitrogen and oxygen atoms in total. The molecule has 1 amide bonds. The smallest absolute Gasteiger partial charge is 0.347 e. The van der Waals surface area contributed by atoms with Crippen molar-refractivity contribution < 1.29 is 4.79 Å². The Balaban J connectivity index is 1.39. The van der Waals surface area contributed by atoms with Crippen molar-refractivity contribution in [1.82, 2.24) is 29.5 Å². The highest BCUT2D eigenvalue weighted by Gasteiger charge is 2.26. The number of pyridine rings is 1. The summed E-state index contributed by atoms with van der Waals surface area (Å²) in [6.45, 7) is 2.41. The van der Waals surface area contributed by atoms with E-state index in [-0.39, 0.29) is 11.6 Å². The minimum Gasteiger partial charge on any atom is -0.348 e. The molecule has 1 saturated carbocycles. The Hall–Kier alpha value is -3.42. The van der Waals surface area contributed by atoms with Crippen LogP contribution in [0.1, 0.15) is 40.6 Å². The minimum absolute atomic E-state index is 0.278. The van der Waals surface area contributed by atoms with Crippen LogP contribution in [0.25, 0.3) is 16.7 Å². The van der Waals surface area contributed by atoms with Crippen LogP contribution in [0.4, 0.5) is 0 Å². The van der Waals surface area contributed by atoms with E-state index in [9.17, 15) is 9.59 Å². The van der Waals surface area contributed by atoms with Gasteiger partial charge in [0.1, 0.15) is 5.82 Å². The summed E-state index contributed by atoms with van der Waals surface area (Å²) < 4.78 is 3.61. The number of aryl methyl sites for hydroxylation is 1. The van der Waals surface area contributed by atoms with Gasteiger partial charge >= 0.3 is 5.69 Å². The molecular formula is C19H18N6O2. The predicted molar refractivity (Wildman–Crippen MR) is 99.7 cm³/mol. The molecule has 0 unspecified atom stereocenters. The first kappa shape index (κ1) is 15.8. The molecule has 1 fully saturated rings. The first-order valence-corrected chi connectivity index (χ1v) is 8.93. The monoisotopic (exact) mass is 362 g/mol. The van der Waals surface area contributed by atoms with Crippen LogP contribution in [0.3, 0.4) is 0 Å². The minimum atomic E-state index is -0.369. The van der Waals surface area contributed by atoms with E-state index in [0.29, 0.717) is 23.8 Å². The van der Waals surface area contributed by atoms with Crippen LogP contribution >= 0.6 is 0 Å². The standard InChI is InChI=1S/C19H18N6O2/c1-11-21-15-9-12(4-7-16(15)25(11)13-5-6-13)10-20-18(26)14-3-2-8-24-17(14)22-23-19(24)27/h2-4,7-9,13H,5-6,10H2,1H3,(H,20,26)(H,23,27). The van der Waals surface area contributed by atoms with Crippen LogP contribution in [-0.2, 0) is 6.54 Å². The second-order valence-electron chi connectivity index (χ2n) is 6.91. The lowest BCUT2D eigenvalue weighted by molar-refractivity contribution is 0.0952. The second-order valence-corrected chi connectivity index (χ2v) is 6.91. The molecule has 0 spiro atoms. The van der Waals surface area contributed by atoms with Gasteiger partial charge < -0.3 is 9.88 Å². The molecular weight excluding hydrogens is 344 g/mol. The fraction of sp³-hybridized carbons (Fsp3) is 0.263. The molecule has 3 heterocycles. The van der Waals surface area contributed by atoms with Gasteiger partial charge in [-0.15, -0.1) is 0 Å². The SMILES string of the molecule is Cc1nc2cc(CNC(=O)c3cccn4c(=O)[nH]nc34)ccc2n1C1CC1. The zero-order valence-electron chi connectivity index (χ0n) is 14.8. The van der Waals surface area contributed by atoms with Crippen molar-refractivity contribution >= 4 is 22.6 Å². The number of amides is 1. The maximum atomic E-state index is 12.6. The third-order valence-corrected chi connectivity index (χ3v) is 4.98. The third-order valence-electron chi connectivity index (χ3n) is 4.98. The molecule has 27 heavy (non-hydrogen) atoms. The van der Waals surface area contributed by atoms with E-state index in [0.717, 1.165) is 22.4 Å². The van der Waals surface area contributed by atoms with Gasteiger partial charge in [0.05, 0.1) is 16.6 Å². The lowest BCUT2D eigenvalue weighted by Crippen LogP contribution is -2.24. The van der Waals surface area contributed by atoms with Crippen LogP contribution in [0.15, 0.2) is 41.3 Å². The number of imidazole rings is 1. The van der Waals surface area contributed by atoms with Gasteiger partial charge in [-0.25, -0.2) is 19.3 Å². The van der Waals surface area contributed by atoms with Gasteiger partial charge in [0.2, 0.25) is 0 Å². The van der Waals surface area contributed by atoms with Gasteiger partial charge in [0.15, 0.2) is 5.65 Å². The summed E-state index contributed by atoms with van der Waals surface area (Å²) in [6.07, 6.45) is 4.00. The Labute approximate surface area is 153 Å². The van der Waals surface area contributed by atoms with Crippen molar-refractivity contribution in [3.05, 3.63) is 64.0 Å². The third kappa shape index (κ3) is 2.61. The number of aromatic nitrogens is 5. The van der Waals surface area contributed by atoms with Crippen molar-refractivity contribution in [2.24, 2.45) is 0 Å². The number of nitrogens with one attached hydrogen (secondary N) is 2. The van der Waals surface area contributed by atoms with Gasteiger partial charge in [0, 0.05) is 18.8 Å². The number of benzene rings is 1. The zero-order chi connectivity index (χ0) is 18.5. The molecule has 0 saturated heterocycles. The molecule has 3 aromatic heterocycles. The number of carbonyl (C=O) groups excluding carboxylic acids is 1. The number of aromatic amines is 1. The quantitative estimate of drug-likeness (QED) is 0.580. The average molecular weight is 362 g/mol. The Morgan fingerprint density at radius 1 is 1.33 bits per heavy atom. The maximum Gasteiger partial charge on any atom is 0.347 e. The van der Waals surface area contributed by atoms with Gasteiger partial charge in [-0.05, 0) is 49.6 Å². The van der Waals surface area contributed by atoms with Crippen molar-refractivity contribution in [1.29, 1.82) is 0 Å². The molecule has 5 rings (SSSR count).